The third kappa shape index (κ3) is 8.98. The van der Waals surface area contributed by atoms with Crippen LogP contribution in [-0.4, -0.2) is 35.6 Å². The molecule has 0 fully saturated rings. The zero-order valence-corrected chi connectivity index (χ0v) is 11.8. The molecule has 0 saturated heterocycles. The summed E-state index contributed by atoms with van der Waals surface area (Å²) in [5.74, 6) is -0.418. The van der Waals surface area contributed by atoms with E-state index in [9.17, 15) is 9.59 Å². The molecule has 0 bridgehead atoms. The highest BCUT2D eigenvalue weighted by atomic mass is 16.4. The van der Waals surface area contributed by atoms with E-state index >= 15 is 0 Å². The minimum absolute atomic E-state index is 0.0436. The van der Waals surface area contributed by atoms with Crippen LogP contribution < -0.4 is 10.6 Å². The molecule has 5 heteroatoms. The van der Waals surface area contributed by atoms with Gasteiger partial charge in [0.25, 0.3) is 0 Å². The Kier molecular flexibility index (Phi) is 8.37. The maximum atomic E-state index is 11.5. The molecule has 0 heterocycles. The Morgan fingerprint density at radius 2 is 1.72 bits per heavy atom. The Morgan fingerprint density at radius 3 is 2.22 bits per heavy atom. The minimum Gasteiger partial charge on any atom is -0.480 e. The van der Waals surface area contributed by atoms with E-state index in [0.717, 1.165) is 19.3 Å². The highest BCUT2D eigenvalue weighted by Crippen LogP contribution is 2.07. The summed E-state index contributed by atoms with van der Waals surface area (Å²) in [6.07, 6.45) is 3.21. The van der Waals surface area contributed by atoms with Gasteiger partial charge in [0.15, 0.2) is 0 Å². The second-order valence-electron chi connectivity index (χ2n) is 5.23. The lowest BCUT2D eigenvalue weighted by Gasteiger charge is -2.15. The highest BCUT2D eigenvalue weighted by Gasteiger charge is 2.12. The van der Waals surface area contributed by atoms with Crippen LogP contribution >= 0.6 is 0 Å². The highest BCUT2D eigenvalue weighted by molar-refractivity contribution is 5.79. The molecule has 1 unspecified atom stereocenters. The van der Waals surface area contributed by atoms with Gasteiger partial charge in [0.05, 0.1) is 6.54 Å². The molecule has 0 rings (SSSR count). The number of aliphatic carboxylic acids is 1. The molecule has 18 heavy (non-hydrogen) atoms. The van der Waals surface area contributed by atoms with Gasteiger partial charge in [0.1, 0.15) is 6.04 Å². The molecule has 0 aliphatic heterocycles. The van der Waals surface area contributed by atoms with E-state index in [-0.39, 0.29) is 18.5 Å². The Labute approximate surface area is 109 Å². The summed E-state index contributed by atoms with van der Waals surface area (Å²) in [5.41, 5.74) is 0. The van der Waals surface area contributed by atoms with E-state index in [0.29, 0.717) is 5.92 Å². The lowest BCUT2D eigenvalue weighted by atomic mass is 10.0. The number of carboxylic acids is 1. The zero-order chi connectivity index (χ0) is 14.1. The van der Waals surface area contributed by atoms with Crippen molar-refractivity contribution >= 4 is 11.9 Å². The molecule has 0 aromatic rings. The van der Waals surface area contributed by atoms with Crippen molar-refractivity contribution in [2.24, 2.45) is 5.92 Å². The number of rotatable bonds is 9. The fourth-order valence-electron chi connectivity index (χ4n) is 1.56. The largest absolute Gasteiger partial charge is 0.480 e. The van der Waals surface area contributed by atoms with E-state index < -0.39 is 12.0 Å². The van der Waals surface area contributed by atoms with Crippen LogP contribution in [0.15, 0.2) is 0 Å². The Bertz CT molecular complexity index is 267. The topological polar surface area (TPSA) is 78.4 Å². The van der Waals surface area contributed by atoms with Crippen molar-refractivity contribution in [2.45, 2.75) is 59.0 Å². The molecule has 2 atom stereocenters. The van der Waals surface area contributed by atoms with Gasteiger partial charge in [-0.25, -0.2) is 0 Å². The van der Waals surface area contributed by atoms with Crippen LogP contribution in [0.5, 0.6) is 0 Å². The van der Waals surface area contributed by atoms with Gasteiger partial charge in [-0.1, -0.05) is 26.7 Å². The summed E-state index contributed by atoms with van der Waals surface area (Å²) in [7, 11) is 0. The van der Waals surface area contributed by atoms with Crippen LogP contribution in [-0.2, 0) is 9.59 Å². The molecule has 0 radical (unpaired) electrons. The molecule has 106 valence electrons. The first-order valence-corrected chi connectivity index (χ1v) is 6.58. The quantitative estimate of drug-likeness (QED) is 0.584. The first-order valence-electron chi connectivity index (χ1n) is 6.58. The van der Waals surface area contributed by atoms with Gasteiger partial charge >= 0.3 is 5.97 Å². The van der Waals surface area contributed by atoms with Crippen molar-refractivity contribution in [3.63, 3.8) is 0 Å². The molecule has 5 nitrogen and oxygen atoms in total. The van der Waals surface area contributed by atoms with Gasteiger partial charge in [0, 0.05) is 6.04 Å². The number of carboxylic acid groups (broad SMARTS) is 1. The van der Waals surface area contributed by atoms with Gasteiger partial charge in [-0.15, -0.1) is 0 Å². The normalized spacial score (nSPS) is 14.3. The average Bonchev–Trinajstić information content (AvgIpc) is 2.24. The van der Waals surface area contributed by atoms with Crippen molar-refractivity contribution in [3.05, 3.63) is 0 Å². The molecule has 0 saturated carbocycles. The molecular weight excluding hydrogens is 232 g/mol. The summed E-state index contributed by atoms with van der Waals surface area (Å²) in [5, 5.41) is 14.2. The molecule has 0 aliphatic carbocycles. The number of carbonyl (C=O) groups is 2. The van der Waals surface area contributed by atoms with E-state index in [1.807, 2.05) is 6.92 Å². The molecule has 0 spiro atoms. The van der Waals surface area contributed by atoms with Gasteiger partial charge in [-0.2, -0.15) is 0 Å². The number of nitrogens with one attached hydrogen (secondary N) is 2. The van der Waals surface area contributed by atoms with Gasteiger partial charge in [-0.3, -0.25) is 14.9 Å². The average molecular weight is 258 g/mol. The van der Waals surface area contributed by atoms with E-state index in [2.05, 4.69) is 24.5 Å². The second kappa shape index (κ2) is 8.91. The standard InChI is InChI=1S/C13H26N2O3/c1-9(2)6-5-7-10(3)15-12(16)8-14-11(4)13(17)18/h9-11,14H,5-8H2,1-4H3,(H,15,16)(H,17,18)/t10?,11-/m1/s1. The van der Waals surface area contributed by atoms with Crippen molar-refractivity contribution in [1.82, 2.24) is 10.6 Å². The predicted octanol–water partition coefficient (Wildman–Crippen LogP) is 1.38. The van der Waals surface area contributed by atoms with E-state index in [4.69, 9.17) is 5.11 Å². The predicted molar refractivity (Wildman–Crippen MR) is 71.4 cm³/mol. The molecule has 3 N–H and O–H groups in total. The number of hydrogen-bond acceptors (Lipinski definition) is 3. The van der Waals surface area contributed by atoms with E-state index in [1.54, 1.807) is 0 Å². The summed E-state index contributed by atoms with van der Waals surface area (Å²) in [4.78, 5) is 22.1. The van der Waals surface area contributed by atoms with Crippen LogP contribution in [0.25, 0.3) is 0 Å². The van der Waals surface area contributed by atoms with Crippen molar-refractivity contribution in [1.29, 1.82) is 0 Å². The van der Waals surface area contributed by atoms with Gasteiger partial charge < -0.3 is 10.4 Å². The van der Waals surface area contributed by atoms with Crippen molar-refractivity contribution in [2.75, 3.05) is 6.54 Å². The van der Waals surface area contributed by atoms with Crippen LogP contribution in [0.3, 0.4) is 0 Å². The Hall–Kier alpha value is -1.10. The molecular formula is C13H26N2O3. The summed E-state index contributed by atoms with van der Waals surface area (Å²) >= 11 is 0. The summed E-state index contributed by atoms with van der Waals surface area (Å²) < 4.78 is 0. The third-order valence-corrected chi connectivity index (χ3v) is 2.77. The van der Waals surface area contributed by atoms with Crippen LogP contribution in [0, 0.1) is 5.92 Å². The van der Waals surface area contributed by atoms with Gasteiger partial charge in [-0.05, 0) is 26.2 Å². The van der Waals surface area contributed by atoms with Crippen LogP contribution in [0.2, 0.25) is 0 Å². The molecule has 0 aromatic carbocycles. The lowest BCUT2D eigenvalue weighted by Crippen LogP contribution is -2.43. The minimum atomic E-state index is -0.951. The van der Waals surface area contributed by atoms with E-state index in [1.165, 1.54) is 6.92 Å². The fraction of sp³-hybridized carbons (Fsp3) is 0.846. The number of carbonyl (C=O) groups excluding carboxylic acids is 1. The first kappa shape index (κ1) is 16.9. The van der Waals surface area contributed by atoms with Gasteiger partial charge in [0.2, 0.25) is 5.91 Å². The van der Waals surface area contributed by atoms with Crippen molar-refractivity contribution in [3.8, 4) is 0 Å². The second-order valence-corrected chi connectivity index (χ2v) is 5.23. The number of amides is 1. The first-order chi connectivity index (χ1) is 8.32. The summed E-state index contributed by atoms with van der Waals surface area (Å²) in [6, 6.07) is -0.565. The summed E-state index contributed by atoms with van der Waals surface area (Å²) in [6.45, 7) is 7.89. The SMILES string of the molecule is CC(C)CCCC(C)NC(=O)CN[C@H](C)C(=O)O. The monoisotopic (exact) mass is 258 g/mol. The Balaban J connectivity index is 3.70. The van der Waals surface area contributed by atoms with Crippen molar-refractivity contribution < 1.29 is 14.7 Å². The molecule has 0 aromatic heterocycles. The maximum Gasteiger partial charge on any atom is 0.320 e. The maximum absolute atomic E-state index is 11.5. The van der Waals surface area contributed by atoms with Crippen LogP contribution in [0.4, 0.5) is 0 Å². The Morgan fingerprint density at radius 1 is 1.11 bits per heavy atom. The molecule has 0 aliphatic rings. The molecule has 1 amide bonds. The van der Waals surface area contributed by atoms with Crippen LogP contribution in [0.1, 0.15) is 47.0 Å². The third-order valence-electron chi connectivity index (χ3n) is 2.77. The smallest absolute Gasteiger partial charge is 0.320 e. The number of hydrogen-bond donors (Lipinski definition) is 3. The zero-order valence-electron chi connectivity index (χ0n) is 11.8. The fourth-order valence-corrected chi connectivity index (χ4v) is 1.56. The lowest BCUT2D eigenvalue weighted by molar-refractivity contribution is -0.139.